The van der Waals surface area contributed by atoms with Crippen LogP contribution in [-0.4, -0.2) is 20.3 Å². The Hall–Kier alpha value is -3.74. The summed E-state index contributed by atoms with van der Waals surface area (Å²) in [5.41, 5.74) is 2.81. The van der Waals surface area contributed by atoms with Crippen molar-refractivity contribution in [3.63, 3.8) is 0 Å². The summed E-state index contributed by atoms with van der Waals surface area (Å²) in [7, 11) is 0. The van der Waals surface area contributed by atoms with Crippen LogP contribution in [0.25, 0.3) is 22.8 Å². The van der Waals surface area contributed by atoms with Gasteiger partial charge in [0.25, 0.3) is 5.56 Å². The Bertz CT molecular complexity index is 1200. The zero-order valence-electron chi connectivity index (χ0n) is 14.5. The van der Waals surface area contributed by atoms with Crippen molar-refractivity contribution in [2.75, 3.05) is 0 Å². The average Bonchev–Trinajstić information content (AvgIpc) is 3.07. The van der Waals surface area contributed by atoms with Gasteiger partial charge in [0, 0.05) is 23.9 Å². The molecule has 27 heavy (non-hydrogen) atoms. The van der Waals surface area contributed by atoms with Gasteiger partial charge in [0.15, 0.2) is 5.58 Å². The molecule has 0 atom stereocenters. The van der Waals surface area contributed by atoms with Crippen LogP contribution in [0.4, 0.5) is 0 Å². The van der Waals surface area contributed by atoms with E-state index in [1.807, 2.05) is 37.3 Å². The van der Waals surface area contributed by atoms with Gasteiger partial charge in [-0.05, 0) is 31.2 Å². The molecular weight excluding hydrogens is 346 g/mol. The second-order valence-electron chi connectivity index (χ2n) is 5.91. The molecule has 0 N–H and O–H groups in total. The minimum Gasteiger partial charge on any atom is -0.456 e. The van der Waals surface area contributed by atoms with Gasteiger partial charge in [0.05, 0.1) is 5.69 Å². The van der Waals surface area contributed by atoms with Crippen LogP contribution in [0.5, 0.6) is 0 Å². The molecule has 0 aliphatic carbocycles. The summed E-state index contributed by atoms with van der Waals surface area (Å²) in [5, 5.41) is 0. The van der Waals surface area contributed by atoms with E-state index in [2.05, 4.69) is 9.97 Å². The maximum Gasteiger partial charge on any atom is 0.331 e. The molecule has 4 aromatic rings. The number of pyridine rings is 1. The van der Waals surface area contributed by atoms with Crippen LogP contribution in [0, 0.1) is 6.92 Å². The fourth-order valence-corrected chi connectivity index (χ4v) is 2.73. The number of fused-ring (bicyclic) bond motifs is 2. The molecule has 0 aliphatic rings. The standard InChI is InChI=1S/C20H15N3O4/c1-13-5-4-8-17-21-14(11-19(24)23(13)17)12-26-20(25)10-9-18-22-15-6-2-3-7-16(15)27-18/h2-11H,12H2,1H3/b10-9+. The second kappa shape index (κ2) is 6.87. The number of benzene rings is 1. The summed E-state index contributed by atoms with van der Waals surface area (Å²) >= 11 is 0. The van der Waals surface area contributed by atoms with Crippen LogP contribution in [0.1, 0.15) is 17.3 Å². The number of aromatic nitrogens is 3. The van der Waals surface area contributed by atoms with E-state index in [9.17, 15) is 9.59 Å². The summed E-state index contributed by atoms with van der Waals surface area (Å²) < 4.78 is 12.1. The molecule has 0 radical (unpaired) electrons. The molecule has 0 saturated carbocycles. The molecule has 1 aromatic carbocycles. The third kappa shape index (κ3) is 3.48. The van der Waals surface area contributed by atoms with Crippen molar-refractivity contribution >= 4 is 28.8 Å². The second-order valence-corrected chi connectivity index (χ2v) is 5.91. The first-order chi connectivity index (χ1) is 13.1. The number of rotatable bonds is 4. The Balaban J connectivity index is 1.46. The van der Waals surface area contributed by atoms with E-state index in [0.717, 1.165) is 5.69 Å². The third-order valence-corrected chi connectivity index (χ3v) is 3.97. The van der Waals surface area contributed by atoms with Crippen LogP contribution >= 0.6 is 0 Å². The first kappa shape index (κ1) is 16.7. The number of oxazole rings is 1. The highest BCUT2D eigenvalue weighted by Gasteiger charge is 2.07. The van der Waals surface area contributed by atoms with Gasteiger partial charge in [-0.2, -0.15) is 0 Å². The van der Waals surface area contributed by atoms with Crippen molar-refractivity contribution in [2.45, 2.75) is 13.5 Å². The van der Waals surface area contributed by atoms with Crippen LogP contribution in [0.2, 0.25) is 0 Å². The Morgan fingerprint density at radius 2 is 2.04 bits per heavy atom. The van der Waals surface area contributed by atoms with Crippen molar-refractivity contribution in [3.8, 4) is 0 Å². The van der Waals surface area contributed by atoms with E-state index in [1.54, 1.807) is 12.1 Å². The largest absolute Gasteiger partial charge is 0.456 e. The molecule has 0 fully saturated rings. The molecule has 4 rings (SSSR count). The van der Waals surface area contributed by atoms with E-state index in [4.69, 9.17) is 9.15 Å². The number of carbonyl (C=O) groups excluding carboxylic acids is 1. The van der Waals surface area contributed by atoms with Gasteiger partial charge < -0.3 is 9.15 Å². The van der Waals surface area contributed by atoms with Crippen LogP contribution < -0.4 is 5.56 Å². The van der Waals surface area contributed by atoms with Crippen molar-refractivity contribution in [3.05, 3.63) is 82.2 Å². The molecule has 0 spiro atoms. The minimum absolute atomic E-state index is 0.101. The zero-order chi connectivity index (χ0) is 18.8. The van der Waals surface area contributed by atoms with Gasteiger partial charge in [-0.3, -0.25) is 9.20 Å². The van der Waals surface area contributed by atoms with Gasteiger partial charge in [-0.15, -0.1) is 0 Å². The van der Waals surface area contributed by atoms with E-state index < -0.39 is 5.97 Å². The van der Waals surface area contributed by atoms with Crippen LogP contribution in [0.3, 0.4) is 0 Å². The van der Waals surface area contributed by atoms with Gasteiger partial charge in [0.2, 0.25) is 5.89 Å². The first-order valence-corrected chi connectivity index (χ1v) is 8.29. The highest BCUT2D eigenvalue weighted by atomic mass is 16.5. The molecule has 134 valence electrons. The van der Waals surface area contributed by atoms with Gasteiger partial charge >= 0.3 is 5.97 Å². The van der Waals surface area contributed by atoms with Crippen LogP contribution in [-0.2, 0) is 16.1 Å². The normalized spacial score (nSPS) is 11.4. The molecule has 0 unspecified atom stereocenters. The first-order valence-electron chi connectivity index (χ1n) is 8.29. The van der Waals surface area contributed by atoms with Gasteiger partial charge in [-0.25, -0.2) is 14.8 Å². The molecule has 7 heteroatoms. The van der Waals surface area contributed by atoms with Crippen molar-refractivity contribution in [1.82, 2.24) is 14.4 Å². The van der Waals surface area contributed by atoms with E-state index in [-0.39, 0.29) is 12.2 Å². The lowest BCUT2D eigenvalue weighted by atomic mass is 10.3. The molecule has 0 amide bonds. The quantitative estimate of drug-likeness (QED) is 0.410. The number of aryl methyl sites for hydroxylation is 1. The van der Waals surface area contributed by atoms with Crippen molar-refractivity contribution in [1.29, 1.82) is 0 Å². The lowest BCUT2D eigenvalue weighted by Crippen LogP contribution is -2.18. The molecule has 0 saturated heterocycles. The Morgan fingerprint density at radius 1 is 1.19 bits per heavy atom. The molecule has 0 bridgehead atoms. The SMILES string of the molecule is Cc1cccc2nc(COC(=O)/C=C/c3nc4ccccc4o3)cc(=O)n12. The fourth-order valence-electron chi connectivity index (χ4n) is 2.73. The number of para-hydroxylation sites is 2. The number of esters is 1. The maximum atomic E-state index is 12.2. The van der Waals surface area contributed by atoms with Gasteiger partial charge in [0.1, 0.15) is 17.8 Å². The number of carbonyl (C=O) groups is 1. The summed E-state index contributed by atoms with van der Waals surface area (Å²) in [6.45, 7) is 1.73. The summed E-state index contributed by atoms with van der Waals surface area (Å²) in [4.78, 5) is 32.7. The van der Waals surface area contributed by atoms with Crippen molar-refractivity contribution in [2.24, 2.45) is 0 Å². The average molecular weight is 361 g/mol. The number of hydrogen-bond donors (Lipinski definition) is 0. The Kier molecular flexibility index (Phi) is 4.25. The number of hydrogen-bond acceptors (Lipinski definition) is 6. The van der Waals surface area contributed by atoms with E-state index in [1.165, 1.54) is 22.6 Å². The Morgan fingerprint density at radius 3 is 2.89 bits per heavy atom. The summed E-state index contributed by atoms with van der Waals surface area (Å²) in [6, 6.07) is 14.0. The van der Waals surface area contributed by atoms with E-state index in [0.29, 0.717) is 28.3 Å². The van der Waals surface area contributed by atoms with Crippen LogP contribution in [0.15, 0.2) is 63.8 Å². The maximum absolute atomic E-state index is 12.2. The predicted molar refractivity (Wildman–Crippen MR) is 99.0 cm³/mol. The monoisotopic (exact) mass is 361 g/mol. The van der Waals surface area contributed by atoms with E-state index >= 15 is 0 Å². The van der Waals surface area contributed by atoms with Gasteiger partial charge in [-0.1, -0.05) is 18.2 Å². The highest BCUT2D eigenvalue weighted by Crippen LogP contribution is 2.15. The molecule has 0 aliphatic heterocycles. The third-order valence-electron chi connectivity index (χ3n) is 3.97. The smallest absolute Gasteiger partial charge is 0.331 e. The lowest BCUT2D eigenvalue weighted by molar-refractivity contribution is -0.139. The number of ether oxygens (including phenoxy) is 1. The fraction of sp³-hybridized carbons (Fsp3) is 0.100. The van der Waals surface area contributed by atoms with Crippen molar-refractivity contribution < 1.29 is 13.9 Å². The lowest BCUT2D eigenvalue weighted by Gasteiger charge is -2.06. The molecule has 3 aromatic heterocycles. The zero-order valence-corrected chi connectivity index (χ0v) is 14.5. The molecule has 3 heterocycles. The predicted octanol–water partition coefficient (Wildman–Crippen LogP) is 2.90. The Labute approximate surface area is 153 Å². The minimum atomic E-state index is -0.580. The summed E-state index contributed by atoms with van der Waals surface area (Å²) in [6.07, 6.45) is 2.66. The highest BCUT2D eigenvalue weighted by molar-refractivity contribution is 5.86. The molecular formula is C20H15N3O4. The number of nitrogens with zero attached hydrogens (tertiary/aromatic N) is 3. The topological polar surface area (TPSA) is 86.7 Å². The molecule has 7 nitrogen and oxygen atoms in total. The summed E-state index contributed by atoms with van der Waals surface area (Å²) in [5.74, 6) is -0.269.